The second-order valence-corrected chi connectivity index (χ2v) is 9.54. The number of carbonyl (C=O) groups is 2. The quantitative estimate of drug-likeness (QED) is 0.367. The normalized spacial score (nSPS) is 17.3. The minimum absolute atomic E-state index is 0.0639. The number of ether oxygens (including phenoxy) is 1. The molecule has 8 nitrogen and oxygen atoms in total. The molecule has 2 atom stereocenters. The molecule has 3 aromatic rings. The fourth-order valence-corrected chi connectivity index (χ4v) is 4.39. The van der Waals surface area contributed by atoms with Gasteiger partial charge < -0.3 is 30.8 Å². The summed E-state index contributed by atoms with van der Waals surface area (Å²) in [7, 11) is 0. The zero-order chi connectivity index (χ0) is 24.3. The van der Waals surface area contributed by atoms with Crippen LogP contribution in [0.25, 0.3) is 10.9 Å². The first-order valence-electron chi connectivity index (χ1n) is 11.5. The van der Waals surface area contributed by atoms with E-state index in [0.717, 1.165) is 11.9 Å². The molecule has 8 heteroatoms. The Bertz CT molecular complexity index is 1170. The van der Waals surface area contributed by atoms with Crippen molar-refractivity contribution < 1.29 is 19.4 Å². The lowest BCUT2D eigenvalue weighted by Crippen LogP contribution is -2.46. The second kappa shape index (κ2) is 9.87. The summed E-state index contributed by atoms with van der Waals surface area (Å²) in [6, 6.07) is 15.3. The third-order valence-electron chi connectivity index (χ3n) is 6.24. The number of aromatic amines is 1. The molecule has 2 amide bonds. The van der Waals surface area contributed by atoms with Gasteiger partial charge in [0.25, 0.3) is 0 Å². The lowest BCUT2D eigenvalue weighted by Gasteiger charge is -2.28. The summed E-state index contributed by atoms with van der Waals surface area (Å²) in [5.41, 5.74) is 8.05. The van der Waals surface area contributed by atoms with Gasteiger partial charge in [-0.2, -0.15) is 0 Å². The number of benzene rings is 2. The van der Waals surface area contributed by atoms with Crippen molar-refractivity contribution in [2.45, 2.75) is 38.3 Å². The van der Waals surface area contributed by atoms with Gasteiger partial charge in [0.15, 0.2) is 0 Å². The zero-order valence-corrected chi connectivity index (χ0v) is 19.6. The number of amides is 2. The summed E-state index contributed by atoms with van der Waals surface area (Å²) in [6.07, 6.45) is 2.18. The van der Waals surface area contributed by atoms with Crippen molar-refractivity contribution in [1.82, 2.24) is 10.3 Å². The van der Waals surface area contributed by atoms with Gasteiger partial charge >= 0.3 is 0 Å². The number of aliphatic hydroxyl groups is 1. The third kappa shape index (κ3) is 5.40. The molecule has 34 heavy (non-hydrogen) atoms. The molecule has 0 spiro atoms. The van der Waals surface area contributed by atoms with Gasteiger partial charge in [-0.25, -0.2) is 0 Å². The second-order valence-electron chi connectivity index (χ2n) is 9.54. The van der Waals surface area contributed by atoms with Crippen molar-refractivity contribution in [2.75, 3.05) is 24.6 Å². The van der Waals surface area contributed by atoms with E-state index in [4.69, 9.17) is 10.5 Å². The smallest absolute Gasteiger partial charge is 0.227 e. The van der Waals surface area contributed by atoms with E-state index >= 15 is 0 Å². The standard InChI is InChI=1S/C26H32N4O4/c1-26(2,12-18-13-28-21-8-4-3-7-20(18)21)29-14-19(31)16-34-23-10-6-5-9-22(23)30-15-17(25(27)33)11-24(30)32/h3-10,13,17,19,28-29,31H,11-12,14-16H2,1-2H3,(H2,27,33). The number of nitrogens with one attached hydrogen (secondary N) is 2. The summed E-state index contributed by atoms with van der Waals surface area (Å²) in [5, 5.41) is 15.2. The van der Waals surface area contributed by atoms with E-state index < -0.39 is 17.9 Å². The molecule has 1 saturated heterocycles. The molecule has 0 saturated carbocycles. The minimum Gasteiger partial charge on any atom is -0.489 e. The maximum Gasteiger partial charge on any atom is 0.227 e. The predicted molar refractivity (Wildman–Crippen MR) is 132 cm³/mol. The molecule has 2 aromatic carbocycles. The van der Waals surface area contributed by atoms with Crippen molar-refractivity contribution in [3.63, 3.8) is 0 Å². The number of hydrogen-bond donors (Lipinski definition) is 4. The molecule has 180 valence electrons. The van der Waals surface area contributed by atoms with E-state index in [-0.39, 0.29) is 31.0 Å². The summed E-state index contributed by atoms with van der Waals surface area (Å²) >= 11 is 0. The molecule has 0 radical (unpaired) electrons. The molecule has 1 aliphatic rings. The number of nitrogens with zero attached hydrogens (tertiary/aromatic N) is 1. The first kappa shape index (κ1) is 23.8. The number of anilines is 1. The average molecular weight is 465 g/mol. The third-order valence-corrected chi connectivity index (χ3v) is 6.24. The van der Waals surface area contributed by atoms with Crippen LogP contribution in [-0.4, -0.2) is 53.2 Å². The number of primary amides is 1. The Hall–Kier alpha value is -3.36. The summed E-state index contributed by atoms with van der Waals surface area (Å²) in [5.74, 6) is -0.667. The Morgan fingerprint density at radius 2 is 2.00 bits per heavy atom. The number of rotatable bonds is 10. The van der Waals surface area contributed by atoms with Crippen molar-refractivity contribution in [2.24, 2.45) is 11.7 Å². The average Bonchev–Trinajstić information content (AvgIpc) is 3.40. The van der Waals surface area contributed by atoms with Crippen molar-refractivity contribution in [3.05, 3.63) is 60.3 Å². The van der Waals surface area contributed by atoms with Gasteiger partial charge in [0.1, 0.15) is 18.5 Å². The van der Waals surface area contributed by atoms with Gasteiger partial charge in [0, 0.05) is 42.1 Å². The molecule has 5 N–H and O–H groups in total. The SMILES string of the molecule is CC(C)(Cc1c[nH]c2ccccc12)NCC(O)COc1ccccc1N1CC(C(N)=O)CC1=O. The molecule has 0 aliphatic carbocycles. The van der Waals surface area contributed by atoms with E-state index in [1.165, 1.54) is 15.8 Å². The maximum atomic E-state index is 12.4. The number of aromatic nitrogens is 1. The van der Waals surface area contributed by atoms with E-state index in [0.29, 0.717) is 18.0 Å². The number of carbonyl (C=O) groups excluding carboxylic acids is 2. The van der Waals surface area contributed by atoms with Crippen LogP contribution in [0.5, 0.6) is 5.75 Å². The number of para-hydroxylation sites is 3. The molecule has 2 heterocycles. The van der Waals surface area contributed by atoms with Crippen LogP contribution in [0.4, 0.5) is 5.69 Å². The number of H-pyrrole nitrogens is 1. The van der Waals surface area contributed by atoms with Crippen LogP contribution in [0.1, 0.15) is 25.8 Å². The molecule has 1 aromatic heterocycles. The first-order chi connectivity index (χ1) is 16.2. The highest BCUT2D eigenvalue weighted by atomic mass is 16.5. The lowest BCUT2D eigenvalue weighted by atomic mass is 9.94. The Kier molecular flexibility index (Phi) is 6.90. The van der Waals surface area contributed by atoms with Gasteiger partial charge in [-0.15, -0.1) is 0 Å². The fraction of sp³-hybridized carbons (Fsp3) is 0.385. The number of aliphatic hydroxyl groups excluding tert-OH is 1. The minimum atomic E-state index is -0.747. The van der Waals surface area contributed by atoms with Crippen LogP contribution in [0.2, 0.25) is 0 Å². The Balaban J connectivity index is 1.32. The number of hydrogen-bond acceptors (Lipinski definition) is 5. The van der Waals surface area contributed by atoms with Crippen LogP contribution in [0.3, 0.4) is 0 Å². The van der Waals surface area contributed by atoms with Crippen molar-refractivity contribution in [3.8, 4) is 5.75 Å². The topological polar surface area (TPSA) is 121 Å². The summed E-state index contributed by atoms with van der Waals surface area (Å²) in [4.78, 5) is 28.7. The Morgan fingerprint density at radius 1 is 1.26 bits per heavy atom. The zero-order valence-electron chi connectivity index (χ0n) is 19.6. The van der Waals surface area contributed by atoms with Crippen LogP contribution < -0.4 is 20.7 Å². The predicted octanol–water partition coefficient (Wildman–Crippen LogP) is 2.36. The lowest BCUT2D eigenvalue weighted by molar-refractivity contribution is -0.123. The molecule has 0 bridgehead atoms. The van der Waals surface area contributed by atoms with Crippen LogP contribution in [-0.2, 0) is 16.0 Å². The maximum absolute atomic E-state index is 12.4. The van der Waals surface area contributed by atoms with Crippen molar-refractivity contribution in [1.29, 1.82) is 0 Å². The van der Waals surface area contributed by atoms with E-state index in [2.05, 4.69) is 36.3 Å². The summed E-state index contributed by atoms with van der Waals surface area (Å²) in [6.45, 7) is 4.86. The van der Waals surface area contributed by atoms with Gasteiger partial charge in [0.2, 0.25) is 11.8 Å². The molecule has 2 unspecified atom stereocenters. The van der Waals surface area contributed by atoms with Crippen LogP contribution in [0, 0.1) is 5.92 Å². The number of β-amino-alcohol motifs (C(OH)–C–C–N with tert-alkyl or cyclic N) is 1. The highest BCUT2D eigenvalue weighted by Gasteiger charge is 2.35. The number of nitrogens with two attached hydrogens (primary N) is 1. The molecule has 4 rings (SSSR count). The Morgan fingerprint density at radius 3 is 2.76 bits per heavy atom. The van der Waals surface area contributed by atoms with E-state index in [1.54, 1.807) is 24.3 Å². The molecular formula is C26H32N4O4. The highest BCUT2D eigenvalue weighted by molar-refractivity contribution is 6.01. The Labute approximate surface area is 199 Å². The first-order valence-corrected chi connectivity index (χ1v) is 11.5. The van der Waals surface area contributed by atoms with Gasteiger partial charge in [-0.3, -0.25) is 9.59 Å². The van der Waals surface area contributed by atoms with E-state index in [1.807, 2.05) is 18.3 Å². The largest absolute Gasteiger partial charge is 0.489 e. The highest BCUT2D eigenvalue weighted by Crippen LogP contribution is 2.33. The van der Waals surface area contributed by atoms with Crippen LogP contribution in [0.15, 0.2) is 54.7 Å². The molecular weight excluding hydrogens is 432 g/mol. The summed E-state index contributed by atoms with van der Waals surface area (Å²) < 4.78 is 5.88. The van der Waals surface area contributed by atoms with Gasteiger partial charge in [-0.1, -0.05) is 30.3 Å². The number of fused-ring (bicyclic) bond motifs is 1. The molecule has 1 fully saturated rings. The van der Waals surface area contributed by atoms with Gasteiger partial charge in [0.05, 0.1) is 11.6 Å². The molecule has 1 aliphatic heterocycles. The van der Waals surface area contributed by atoms with Gasteiger partial charge in [-0.05, 0) is 44.0 Å². The van der Waals surface area contributed by atoms with Crippen molar-refractivity contribution >= 4 is 28.4 Å². The fourth-order valence-electron chi connectivity index (χ4n) is 4.39. The van der Waals surface area contributed by atoms with E-state index in [9.17, 15) is 14.7 Å². The monoisotopic (exact) mass is 464 g/mol. The van der Waals surface area contributed by atoms with Crippen LogP contribution >= 0.6 is 0 Å².